The van der Waals surface area contributed by atoms with Crippen molar-refractivity contribution in [1.29, 1.82) is 0 Å². The molecule has 2 aliphatic rings. The van der Waals surface area contributed by atoms with Gasteiger partial charge in [-0.05, 0) is 12.1 Å². The summed E-state index contributed by atoms with van der Waals surface area (Å²) in [5.74, 6) is 2.37. The summed E-state index contributed by atoms with van der Waals surface area (Å²) in [7, 11) is 0. The number of rotatable bonds is 2. The number of nitrogens with zero attached hydrogens (tertiary/aromatic N) is 2. The monoisotopic (exact) mass is 289 g/mol. The molecule has 2 aromatic rings. The Kier molecular flexibility index (Phi) is 3.21. The minimum absolute atomic E-state index is 0.173. The Morgan fingerprint density at radius 1 is 1.14 bits per heavy atom. The fourth-order valence-electron chi connectivity index (χ4n) is 2.38. The summed E-state index contributed by atoms with van der Waals surface area (Å²) in [6.45, 7) is 2.52. The lowest BCUT2D eigenvalue weighted by atomic mass is 10.2. The van der Waals surface area contributed by atoms with Crippen molar-refractivity contribution in [3.8, 4) is 11.5 Å². The number of hydrogen-bond acceptors (Lipinski definition) is 7. The zero-order valence-corrected chi connectivity index (χ0v) is 11.3. The van der Waals surface area contributed by atoms with E-state index in [-0.39, 0.29) is 6.10 Å². The largest absolute Gasteiger partial charge is 0.485 e. The molecule has 4 rings (SSSR count). The van der Waals surface area contributed by atoms with E-state index in [0.717, 1.165) is 12.3 Å². The van der Waals surface area contributed by atoms with Crippen LogP contribution in [0.25, 0.3) is 0 Å². The first-order valence-corrected chi connectivity index (χ1v) is 6.94. The van der Waals surface area contributed by atoms with Gasteiger partial charge in [-0.15, -0.1) is 0 Å². The lowest BCUT2D eigenvalue weighted by Gasteiger charge is -2.23. The Hall–Kier alpha value is -2.12. The molecule has 0 aliphatic carbocycles. The highest BCUT2D eigenvalue weighted by molar-refractivity contribution is 5.40. The van der Waals surface area contributed by atoms with Crippen LogP contribution < -0.4 is 14.8 Å². The predicted octanol–water partition coefficient (Wildman–Crippen LogP) is 1.24. The summed E-state index contributed by atoms with van der Waals surface area (Å²) in [5, 5.41) is 7.22. The highest BCUT2D eigenvalue weighted by Crippen LogP contribution is 2.35. The number of fused-ring (bicyclic) bond motifs is 1. The number of hydrogen-bond donors (Lipinski definition) is 1. The maximum Gasteiger partial charge on any atom is 0.271 e. The van der Waals surface area contributed by atoms with Crippen LogP contribution in [0.5, 0.6) is 11.5 Å². The van der Waals surface area contributed by atoms with Crippen LogP contribution >= 0.6 is 0 Å². The van der Waals surface area contributed by atoms with Gasteiger partial charge in [-0.3, -0.25) is 0 Å². The maximum absolute atomic E-state index is 5.84. The fourth-order valence-corrected chi connectivity index (χ4v) is 2.38. The molecule has 0 radical (unpaired) electrons. The zero-order chi connectivity index (χ0) is 14.1. The SMILES string of the molecule is c1ccc2c(c1)OCC(c1nc(C3CNCCO3)no1)O2. The van der Waals surface area contributed by atoms with Crippen molar-refractivity contribution in [3.05, 3.63) is 36.0 Å². The minimum atomic E-state index is -0.391. The van der Waals surface area contributed by atoms with Gasteiger partial charge in [0, 0.05) is 13.1 Å². The maximum atomic E-state index is 5.84. The number of morpholine rings is 1. The Bertz CT molecular complexity index is 624. The van der Waals surface area contributed by atoms with Crippen LogP contribution in [0.1, 0.15) is 23.9 Å². The molecule has 2 atom stereocenters. The molecule has 0 spiro atoms. The topological polar surface area (TPSA) is 78.6 Å². The molecule has 3 heterocycles. The molecular weight excluding hydrogens is 274 g/mol. The lowest BCUT2D eigenvalue weighted by molar-refractivity contribution is 0.0208. The van der Waals surface area contributed by atoms with Crippen LogP contribution in [0.4, 0.5) is 0 Å². The average molecular weight is 289 g/mol. The van der Waals surface area contributed by atoms with Gasteiger partial charge >= 0.3 is 0 Å². The molecule has 1 aromatic heterocycles. The molecule has 110 valence electrons. The van der Waals surface area contributed by atoms with Crippen molar-refractivity contribution in [3.63, 3.8) is 0 Å². The number of nitrogens with one attached hydrogen (secondary N) is 1. The van der Waals surface area contributed by atoms with Crippen molar-refractivity contribution in [2.45, 2.75) is 12.2 Å². The van der Waals surface area contributed by atoms with Gasteiger partial charge < -0.3 is 24.1 Å². The second-order valence-electron chi connectivity index (χ2n) is 4.92. The van der Waals surface area contributed by atoms with Gasteiger partial charge in [0.25, 0.3) is 5.89 Å². The van der Waals surface area contributed by atoms with Crippen LogP contribution in [-0.2, 0) is 4.74 Å². The molecule has 0 amide bonds. The van der Waals surface area contributed by atoms with E-state index < -0.39 is 6.10 Å². The molecule has 1 aromatic carbocycles. The quantitative estimate of drug-likeness (QED) is 0.891. The molecule has 1 fully saturated rings. The van der Waals surface area contributed by atoms with Crippen molar-refractivity contribution >= 4 is 0 Å². The van der Waals surface area contributed by atoms with E-state index in [2.05, 4.69) is 15.5 Å². The summed E-state index contributed by atoms with van der Waals surface area (Å²) in [4.78, 5) is 4.38. The lowest BCUT2D eigenvalue weighted by Crippen LogP contribution is -2.33. The minimum Gasteiger partial charge on any atom is -0.485 e. The van der Waals surface area contributed by atoms with Gasteiger partial charge in [0.05, 0.1) is 6.61 Å². The number of aromatic nitrogens is 2. The van der Waals surface area contributed by atoms with Crippen LogP contribution in [0.3, 0.4) is 0 Å². The van der Waals surface area contributed by atoms with Crippen LogP contribution in [-0.4, -0.2) is 36.4 Å². The third kappa shape index (κ3) is 2.45. The van der Waals surface area contributed by atoms with Gasteiger partial charge in [-0.1, -0.05) is 17.3 Å². The predicted molar refractivity (Wildman–Crippen MR) is 71.2 cm³/mol. The Morgan fingerprint density at radius 2 is 2.05 bits per heavy atom. The van der Waals surface area contributed by atoms with E-state index in [0.29, 0.717) is 37.2 Å². The smallest absolute Gasteiger partial charge is 0.271 e. The number of ether oxygens (including phenoxy) is 3. The Labute approximate surface area is 121 Å². The van der Waals surface area contributed by atoms with E-state index in [1.807, 2.05) is 24.3 Å². The number of benzene rings is 1. The molecule has 1 N–H and O–H groups in total. The van der Waals surface area contributed by atoms with E-state index in [9.17, 15) is 0 Å². The first-order valence-electron chi connectivity index (χ1n) is 6.94. The first kappa shape index (κ1) is 12.6. The summed E-state index contributed by atoms with van der Waals surface area (Å²) in [6, 6.07) is 7.52. The normalized spacial score (nSPS) is 24.8. The summed E-state index contributed by atoms with van der Waals surface area (Å²) in [6.07, 6.45) is -0.564. The number of para-hydroxylation sites is 2. The third-order valence-electron chi connectivity index (χ3n) is 3.46. The van der Waals surface area contributed by atoms with Gasteiger partial charge in [-0.2, -0.15) is 4.98 Å². The zero-order valence-electron chi connectivity index (χ0n) is 11.3. The van der Waals surface area contributed by atoms with Gasteiger partial charge in [-0.25, -0.2) is 0 Å². The highest BCUT2D eigenvalue weighted by Gasteiger charge is 2.29. The Morgan fingerprint density at radius 3 is 2.90 bits per heavy atom. The van der Waals surface area contributed by atoms with Crippen molar-refractivity contribution in [2.24, 2.45) is 0 Å². The van der Waals surface area contributed by atoms with Crippen LogP contribution in [0.15, 0.2) is 28.8 Å². The van der Waals surface area contributed by atoms with E-state index in [1.165, 1.54) is 0 Å². The first-order chi connectivity index (χ1) is 10.4. The van der Waals surface area contributed by atoms with Crippen molar-refractivity contribution in [2.75, 3.05) is 26.3 Å². The molecule has 1 saturated heterocycles. The molecule has 0 saturated carbocycles. The van der Waals surface area contributed by atoms with Gasteiger partial charge in [0.2, 0.25) is 11.9 Å². The average Bonchev–Trinajstić information content (AvgIpc) is 3.05. The third-order valence-corrected chi connectivity index (χ3v) is 3.46. The van der Waals surface area contributed by atoms with Gasteiger partial charge in [0.15, 0.2) is 11.5 Å². The summed E-state index contributed by atoms with van der Waals surface area (Å²) in [5.41, 5.74) is 0. The van der Waals surface area contributed by atoms with Crippen molar-refractivity contribution in [1.82, 2.24) is 15.5 Å². The van der Waals surface area contributed by atoms with E-state index in [1.54, 1.807) is 0 Å². The standard InChI is InChI=1S/C14H15N3O4/c1-2-4-10-9(3-1)19-8-12(20-10)14-16-13(17-21-14)11-7-15-5-6-18-11/h1-4,11-12,15H,5-8H2. The molecule has 7 nitrogen and oxygen atoms in total. The molecule has 21 heavy (non-hydrogen) atoms. The molecule has 2 aliphatic heterocycles. The van der Waals surface area contributed by atoms with Crippen LogP contribution in [0.2, 0.25) is 0 Å². The second kappa shape index (κ2) is 5.34. The molecule has 0 bridgehead atoms. The van der Waals surface area contributed by atoms with E-state index >= 15 is 0 Å². The van der Waals surface area contributed by atoms with E-state index in [4.69, 9.17) is 18.7 Å². The van der Waals surface area contributed by atoms with Crippen molar-refractivity contribution < 1.29 is 18.7 Å². The summed E-state index contributed by atoms with van der Waals surface area (Å²) < 4.78 is 22.4. The second-order valence-corrected chi connectivity index (χ2v) is 4.92. The fraction of sp³-hybridized carbons (Fsp3) is 0.429. The Balaban J connectivity index is 1.51. The highest BCUT2D eigenvalue weighted by atomic mass is 16.6. The summed E-state index contributed by atoms with van der Waals surface area (Å²) >= 11 is 0. The van der Waals surface area contributed by atoms with Crippen LogP contribution in [0, 0.1) is 0 Å². The molecular formula is C14H15N3O4. The van der Waals surface area contributed by atoms with Gasteiger partial charge in [0.1, 0.15) is 12.7 Å². The molecule has 7 heteroatoms. The molecule has 2 unspecified atom stereocenters.